The summed E-state index contributed by atoms with van der Waals surface area (Å²) < 4.78 is 6.36. The summed E-state index contributed by atoms with van der Waals surface area (Å²) in [5.74, 6) is 0. The van der Waals surface area contributed by atoms with Gasteiger partial charge >= 0.3 is 0 Å². The predicted molar refractivity (Wildman–Crippen MR) is 253 cm³/mol. The van der Waals surface area contributed by atoms with Gasteiger partial charge in [-0.3, -0.25) is 0 Å². The van der Waals surface area contributed by atoms with E-state index in [-0.39, 0.29) is 0 Å². The van der Waals surface area contributed by atoms with Gasteiger partial charge in [-0.25, -0.2) is 0 Å². The zero-order valence-electron chi connectivity index (χ0n) is 34.3. The summed E-state index contributed by atoms with van der Waals surface area (Å²) in [6.45, 7) is 17.3. The number of nitrogens with zero attached hydrogens (tertiary/aromatic N) is 1. The molecule has 8 aromatic rings. The minimum absolute atomic E-state index is 0.544. The van der Waals surface area contributed by atoms with Crippen molar-refractivity contribution in [2.75, 3.05) is 4.90 Å². The smallest absolute Gasteiger partial charge is 0.143 e. The zero-order valence-corrected chi connectivity index (χ0v) is 34.3. The van der Waals surface area contributed by atoms with Gasteiger partial charge in [0.1, 0.15) is 11.2 Å². The van der Waals surface area contributed by atoms with Gasteiger partial charge in [-0.05, 0) is 109 Å². The van der Waals surface area contributed by atoms with E-state index in [1.54, 1.807) is 0 Å². The van der Waals surface area contributed by atoms with Gasteiger partial charge < -0.3 is 9.32 Å². The summed E-state index contributed by atoms with van der Waals surface area (Å²) in [4.78, 5) is 2.15. The monoisotopic (exact) mass is 763 g/mol. The van der Waals surface area contributed by atoms with E-state index in [1.807, 2.05) is 18.2 Å². The first-order valence-corrected chi connectivity index (χ1v) is 20.3. The van der Waals surface area contributed by atoms with Crippen molar-refractivity contribution in [3.63, 3.8) is 0 Å². The van der Waals surface area contributed by atoms with E-state index in [0.717, 1.165) is 55.7 Å². The molecule has 2 heteroatoms. The number of furan rings is 1. The fourth-order valence-corrected chi connectivity index (χ4v) is 8.69. The highest BCUT2D eigenvalue weighted by atomic mass is 16.3. The van der Waals surface area contributed by atoms with Crippen molar-refractivity contribution in [1.29, 1.82) is 0 Å². The van der Waals surface area contributed by atoms with E-state index in [2.05, 4.69) is 228 Å². The van der Waals surface area contributed by atoms with Crippen molar-refractivity contribution in [1.82, 2.24) is 0 Å². The van der Waals surface area contributed by atoms with Crippen LogP contribution in [0.15, 0.2) is 235 Å². The van der Waals surface area contributed by atoms with E-state index >= 15 is 0 Å². The third-order valence-electron chi connectivity index (χ3n) is 11.8. The summed E-state index contributed by atoms with van der Waals surface area (Å²) in [7, 11) is 0. The van der Waals surface area contributed by atoms with Gasteiger partial charge in [0.05, 0.1) is 5.41 Å². The van der Waals surface area contributed by atoms with Gasteiger partial charge in [-0.2, -0.15) is 0 Å². The molecule has 0 saturated heterocycles. The average Bonchev–Trinajstić information content (AvgIpc) is 3.69. The van der Waals surface area contributed by atoms with Crippen LogP contribution in [0.1, 0.15) is 44.4 Å². The van der Waals surface area contributed by atoms with E-state index < -0.39 is 5.41 Å². The number of para-hydroxylation sites is 2. The molecule has 0 saturated carbocycles. The summed E-state index contributed by atoms with van der Waals surface area (Å²) in [6.07, 6.45) is 8.48. The van der Waals surface area contributed by atoms with Crippen LogP contribution in [0.2, 0.25) is 0 Å². The summed E-state index contributed by atoms with van der Waals surface area (Å²) in [5.41, 5.74) is 15.9. The average molecular weight is 764 g/mol. The van der Waals surface area contributed by atoms with Crippen LogP contribution in [-0.4, -0.2) is 0 Å². The van der Waals surface area contributed by atoms with Gasteiger partial charge in [0.25, 0.3) is 0 Å². The maximum atomic E-state index is 6.36. The molecular weight excluding hydrogens is 715 g/mol. The van der Waals surface area contributed by atoms with Gasteiger partial charge in [0, 0.05) is 33.4 Å². The van der Waals surface area contributed by atoms with Crippen LogP contribution in [-0.2, 0) is 5.41 Å². The number of anilines is 2. The molecule has 0 aliphatic heterocycles. The molecule has 0 fully saturated rings. The number of allylic oxidation sites excluding steroid dienone is 7. The zero-order chi connectivity index (χ0) is 40.9. The quantitative estimate of drug-likeness (QED) is 0.115. The second-order valence-corrected chi connectivity index (χ2v) is 15.0. The molecule has 1 unspecified atom stereocenters. The van der Waals surface area contributed by atoms with Crippen LogP contribution in [0.4, 0.5) is 11.4 Å². The fraction of sp³-hybridized carbons (Fsp3) is 0.0877. The molecule has 7 aromatic carbocycles. The van der Waals surface area contributed by atoms with Gasteiger partial charge in [0.2, 0.25) is 0 Å². The summed E-state index contributed by atoms with van der Waals surface area (Å²) in [5, 5.41) is 2.25. The highest BCUT2D eigenvalue weighted by molar-refractivity contribution is 6.09. The van der Waals surface area contributed by atoms with Crippen molar-refractivity contribution in [2.24, 2.45) is 0 Å². The number of hydrogen-bond donors (Lipinski definition) is 0. The Hall–Kier alpha value is -7.16. The van der Waals surface area contributed by atoms with Crippen LogP contribution in [0.5, 0.6) is 0 Å². The lowest BCUT2D eigenvalue weighted by Crippen LogP contribution is -2.32. The van der Waals surface area contributed by atoms with Crippen molar-refractivity contribution >= 4 is 38.9 Å². The number of fused-ring (bicyclic) bond motifs is 3. The third kappa shape index (κ3) is 7.08. The SMILES string of the molecule is C=CC(=C)N(c1ccc(/C(C)=C(/C)C(C(/C=C\C)=C\C)(c2ccccc2)c2ccc(-c3ccccc3)cc2)cc1)c1ccc(-c2cccc3c2oc2ccccc23)cc1. The molecule has 8 rings (SSSR count). The molecule has 2 nitrogen and oxygen atoms in total. The molecule has 0 amide bonds. The molecule has 0 aliphatic carbocycles. The Kier molecular flexibility index (Phi) is 11.0. The van der Waals surface area contributed by atoms with Crippen LogP contribution in [0, 0.1) is 0 Å². The van der Waals surface area contributed by atoms with Crippen molar-refractivity contribution in [3.05, 3.63) is 247 Å². The molecule has 288 valence electrons. The molecule has 59 heavy (non-hydrogen) atoms. The first-order valence-electron chi connectivity index (χ1n) is 20.3. The highest BCUT2D eigenvalue weighted by Gasteiger charge is 2.39. The van der Waals surface area contributed by atoms with E-state index in [0.29, 0.717) is 0 Å². The molecule has 0 bridgehead atoms. The predicted octanol–water partition coefficient (Wildman–Crippen LogP) is 16.1. The maximum Gasteiger partial charge on any atom is 0.143 e. The fourth-order valence-electron chi connectivity index (χ4n) is 8.69. The van der Waals surface area contributed by atoms with Crippen LogP contribution in [0.25, 0.3) is 49.8 Å². The summed E-state index contributed by atoms with van der Waals surface area (Å²) in [6, 6.07) is 62.6. The van der Waals surface area contributed by atoms with E-state index in [1.165, 1.54) is 39.0 Å². The standard InChI is InChI=1S/C57H49NO/c1-7-19-47(9-3)57(48-22-14-11-15-23-48,49-34-28-45(29-35-49)44-20-12-10-13-21-44)42(6)41(5)43-30-36-50(37-31-43)58(40(4)8-2)51-38-32-46(33-39-51)52-25-18-26-54-53-24-16-17-27-55(53)59-56(52)54/h7-39H,2,4H2,1,3,5-6H3/b19-7-,42-41-,47-9-. The number of benzene rings is 7. The Balaban J connectivity index is 1.19. The molecule has 0 aliphatic rings. The minimum Gasteiger partial charge on any atom is -0.455 e. The second-order valence-electron chi connectivity index (χ2n) is 15.0. The molecule has 0 N–H and O–H groups in total. The Morgan fingerprint density at radius 1 is 0.576 bits per heavy atom. The first-order chi connectivity index (χ1) is 28.9. The Morgan fingerprint density at radius 2 is 1.14 bits per heavy atom. The van der Waals surface area contributed by atoms with Crippen LogP contribution < -0.4 is 4.90 Å². The summed E-state index contributed by atoms with van der Waals surface area (Å²) >= 11 is 0. The Morgan fingerprint density at radius 3 is 1.78 bits per heavy atom. The minimum atomic E-state index is -0.544. The lowest BCUT2D eigenvalue weighted by atomic mass is 9.63. The van der Waals surface area contributed by atoms with Gasteiger partial charge in [-0.1, -0.05) is 183 Å². The lowest BCUT2D eigenvalue weighted by Gasteiger charge is -2.39. The Bertz CT molecular complexity index is 2850. The van der Waals surface area contributed by atoms with Crippen LogP contribution >= 0.6 is 0 Å². The molecular formula is C57H49NO. The number of hydrogen-bond acceptors (Lipinski definition) is 2. The second kappa shape index (κ2) is 16.7. The highest BCUT2D eigenvalue weighted by Crippen LogP contribution is 2.49. The van der Waals surface area contributed by atoms with Gasteiger partial charge in [-0.15, -0.1) is 0 Å². The van der Waals surface area contributed by atoms with Crippen molar-refractivity contribution < 1.29 is 4.42 Å². The molecule has 1 aromatic heterocycles. The normalized spacial score (nSPS) is 13.3. The van der Waals surface area contributed by atoms with Crippen molar-refractivity contribution in [2.45, 2.75) is 33.1 Å². The largest absolute Gasteiger partial charge is 0.455 e. The van der Waals surface area contributed by atoms with E-state index in [9.17, 15) is 0 Å². The Labute approximate surface area is 349 Å². The topological polar surface area (TPSA) is 16.4 Å². The van der Waals surface area contributed by atoms with Crippen LogP contribution in [0.3, 0.4) is 0 Å². The van der Waals surface area contributed by atoms with Gasteiger partial charge in [0.15, 0.2) is 0 Å². The molecule has 0 spiro atoms. The number of rotatable bonds is 12. The van der Waals surface area contributed by atoms with Crippen molar-refractivity contribution in [3.8, 4) is 22.3 Å². The van der Waals surface area contributed by atoms with E-state index in [4.69, 9.17) is 4.42 Å². The lowest BCUT2D eigenvalue weighted by molar-refractivity contribution is 0.670. The molecule has 1 atom stereocenters. The first kappa shape index (κ1) is 38.7. The maximum absolute atomic E-state index is 6.36. The molecule has 1 heterocycles. The molecule has 0 radical (unpaired) electrons. The third-order valence-corrected chi connectivity index (χ3v) is 11.8.